The maximum atomic E-state index is 12.7. The lowest BCUT2D eigenvalue weighted by atomic mass is 10.1. The average Bonchev–Trinajstić information content (AvgIpc) is 2.86. The summed E-state index contributed by atoms with van der Waals surface area (Å²) in [6.07, 6.45) is 2.50. The van der Waals surface area contributed by atoms with Crippen molar-refractivity contribution in [3.63, 3.8) is 0 Å². The Bertz CT molecular complexity index is 1100. The van der Waals surface area contributed by atoms with E-state index in [2.05, 4.69) is 10.9 Å². The predicted molar refractivity (Wildman–Crippen MR) is 120 cm³/mol. The van der Waals surface area contributed by atoms with Gasteiger partial charge in [-0.2, -0.15) is 4.31 Å². The first-order valence-corrected chi connectivity index (χ1v) is 12.4. The van der Waals surface area contributed by atoms with Crippen LogP contribution in [0.4, 0.5) is 0 Å². The number of sulfonamides is 1. The standard InChI is InChI=1S/C23H27N3O6S/c27-22(24-25-23(28)21-16-31-19-6-2-3-7-20(19)32-21)13-10-17-8-11-18(12-9-17)33(29,30)26-14-4-1-5-15-26/h2-3,6-9,11-12,21H,1,4-5,10,13-16H2,(H,24,27)(H,25,28)/t21-/m0/s1. The summed E-state index contributed by atoms with van der Waals surface area (Å²) in [6.45, 7) is 1.16. The first-order chi connectivity index (χ1) is 15.9. The highest BCUT2D eigenvalue weighted by Gasteiger charge is 2.28. The second-order valence-electron chi connectivity index (χ2n) is 8.01. The molecule has 2 N–H and O–H groups in total. The van der Waals surface area contributed by atoms with Crippen molar-refractivity contribution in [3.05, 3.63) is 54.1 Å². The molecular weight excluding hydrogens is 446 g/mol. The Labute approximate surface area is 193 Å². The van der Waals surface area contributed by atoms with E-state index in [0.29, 0.717) is 31.0 Å². The third kappa shape index (κ3) is 5.63. The van der Waals surface area contributed by atoms with Gasteiger partial charge in [0.2, 0.25) is 22.0 Å². The van der Waals surface area contributed by atoms with Crippen LogP contribution in [0.3, 0.4) is 0 Å². The molecule has 33 heavy (non-hydrogen) atoms. The van der Waals surface area contributed by atoms with E-state index in [1.54, 1.807) is 42.5 Å². The van der Waals surface area contributed by atoms with Gasteiger partial charge in [-0.05, 0) is 49.1 Å². The number of para-hydroxylation sites is 2. The Balaban J connectivity index is 1.22. The zero-order chi connectivity index (χ0) is 23.3. The topological polar surface area (TPSA) is 114 Å². The van der Waals surface area contributed by atoms with Gasteiger partial charge < -0.3 is 9.47 Å². The van der Waals surface area contributed by atoms with Gasteiger partial charge in [0.1, 0.15) is 6.61 Å². The summed E-state index contributed by atoms with van der Waals surface area (Å²) in [5.41, 5.74) is 5.56. The average molecular weight is 474 g/mol. The number of hydrogen-bond acceptors (Lipinski definition) is 6. The molecule has 176 valence electrons. The number of nitrogens with zero attached hydrogens (tertiary/aromatic N) is 1. The van der Waals surface area contributed by atoms with Gasteiger partial charge in [-0.3, -0.25) is 20.4 Å². The molecule has 0 saturated carbocycles. The van der Waals surface area contributed by atoms with E-state index in [1.165, 1.54) is 4.31 Å². The molecule has 2 amide bonds. The molecule has 0 radical (unpaired) electrons. The van der Waals surface area contributed by atoms with Crippen LogP contribution in [0.25, 0.3) is 0 Å². The Kier molecular flexibility index (Phi) is 7.14. The van der Waals surface area contributed by atoms with E-state index in [-0.39, 0.29) is 23.8 Å². The first kappa shape index (κ1) is 23.1. The third-order valence-electron chi connectivity index (χ3n) is 5.64. The number of fused-ring (bicyclic) bond motifs is 1. The summed E-state index contributed by atoms with van der Waals surface area (Å²) in [7, 11) is -3.47. The van der Waals surface area contributed by atoms with Crippen LogP contribution in [0.2, 0.25) is 0 Å². The zero-order valence-corrected chi connectivity index (χ0v) is 19.0. The third-order valence-corrected chi connectivity index (χ3v) is 7.56. The summed E-state index contributed by atoms with van der Waals surface area (Å²) < 4.78 is 38.1. The fraction of sp³-hybridized carbons (Fsp3) is 0.391. The van der Waals surface area contributed by atoms with Gasteiger partial charge in [-0.25, -0.2) is 8.42 Å². The number of amides is 2. The summed E-state index contributed by atoms with van der Waals surface area (Å²) in [5.74, 6) is 0.164. The number of hydrazine groups is 1. The molecule has 0 aliphatic carbocycles. The van der Waals surface area contributed by atoms with E-state index in [0.717, 1.165) is 24.8 Å². The second kappa shape index (κ2) is 10.2. The SMILES string of the molecule is O=C(CCc1ccc(S(=O)(=O)N2CCCCC2)cc1)NNC(=O)[C@@H]1COc2ccccc2O1. The Morgan fingerprint density at radius 3 is 2.36 bits per heavy atom. The lowest BCUT2D eigenvalue weighted by Gasteiger charge is -2.25. The van der Waals surface area contributed by atoms with Crippen LogP contribution in [-0.4, -0.2) is 50.3 Å². The maximum absolute atomic E-state index is 12.7. The minimum atomic E-state index is -3.47. The monoisotopic (exact) mass is 473 g/mol. The summed E-state index contributed by atoms with van der Waals surface area (Å²) >= 11 is 0. The molecule has 0 spiro atoms. The smallest absolute Gasteiger partial charge is 0.283 e. The number of rotatable bonds is 6. The number of carbonyl (C=O) groups excluding carboxylic acids is 2. The number of aryl methyl sites for hydroxylation is 1. The molecule has 2 aliphatic heterocycles. The Hall–Kier alpha value is -3.11. The Morgan fingerprint density at radius 1 is 0.939 bits per heavy atom. The lowest BCUT2D eigenvalue weighted by molar-refractivity contribution is -0.135. The number of carbonyl (C=O) groups is 2. The van der Waals surface area contributed by atoms with Crippen molar-refractivity contribution in [2.24, 2.45) is 0 Å². The molecule has 1 atom stereocenters. The Morgan fingerprint density at radius 2 is 1.64 bits per heavy atom. The fourth-order valence-electron chi connectivity index (χ4n) is 3.76. The summed E-state index contributed by atoms with van der Waals surface area (Å²) in [5, 5.41) is 0. The van der Waals surface area contributed by atoms with Crippen LogP contribution in [0.1, 0.15) is 31.2 Å². The molecule has 0 aromatic heterocycles. The molecule has 1 fully saturated rings. The lowest BCUT2D eigenvalue weighted by Crippen LogP contribution is -2.50. The highest BCUT2D eigenvalue weighted by atomic mass is 32.2. The van der Waals surface area contributed by atoms with Crippen molar-refractivity contribution in [1.82, 2.24) is 15.2 Å². The second-order valence-corrected chi connectivity index (χ2v) is 9.95. The van der Waals surface area contributed by atoms with Gasteiger partial charge in [-0.1, -0.05) is 30.7 Å². The van der Waals surface area contributed by atoms with Crippen LogP contribution in [-0.2, 0) is 26.0 Å². The van der Waals surface area contributed by atoms with Crippen molar-refractivity contribution in [3.8, 4) is 11.5 Å². The molecule has 2 aromatic carbocycles. The van der Waals surface area contributed by atoms with Crippen LogP contribution < -0.4 is 20.3 Å². The molecule has 0 unspecified atom stereocenters. The van der Waals surface area contributed by atoms with E-state index in [4.69, 9.17) is 9.47 Å². The van der Waals surface area contributed by atoms with Crippen molar-refractivity contribution in [2.75, 3.05) is 19.7 Å². The van der Waals surface area contributed by atoms with Gasteiger partial charge in [0.15, 0.2) is 11.5 Å². The number of hydrogen-bond donors (Lipinski definition) is 2. The van der Waals surface area contributed by atoms with Crippen molar-refractivity contribution < 1.29 is 27.5 Å². The van der Waals surface area contributed by atoms with Gasteiger partial charge in [0.25, 0.3) is 5.91 Å². The molecule has 2 aromatic rings. The molecule has 4 rings (SSSR count). The van der Waals surface area contributed by atoms with Crippen LogP contribution >= 0.6 is 0 Å². The van der Waals surface area contributed by atoms with Gasteiger partial charge >= 0.3 is 0 Å². The van der Waals surface area contributed by atoms with Gasteiger partial charge in [-0.15, -0.1) is 0 Å². The molecular formula is C23H27N3O6S. The number of nitrogens with one attached hydrogen (secondary N) is 2. The van der Waals surface area contributed by atoms with Crippen molar-refractivity contribution in [1.29, 1.82) is 0 Å². The molecule has 0 bridgehead atoms. The van der Waals surface area contributed by atoms with Crippen LogP contribution in [0, 0.1) is 0 Å². The highest BCUT2D eigenvalue weighted by Crippen LogP contribution is 2.30. The molecule has 2 heterocycles. The van der Waals surface area contributed by atoms with Gasteiger partial charge in [0, 0.05) is 19.5 Å². The largest absolute Gasteiger partial charge is 0.485 e. The number of piperidine rings is 1. The molecule has 9 nitrogen and oxygen atoms in total. The quantitative estimate of drug-likeness (QED) is 0.619. The zero-order valence-electron chi connectivity index (χ0n) is 18.2. The molecule has 2 aliphatic rings. The van der Waals surface area contributed by atoms with Gasteiger partial charge in [0.05, 0.1) is 4.90 Å². The first-order valence-electron chi connectivity index (χ1n) is 11.0. The number of ether oxygens (including phenoxy) is 2. The minimum Gasteiger partial charge on any atom is -0.485 e. The summed E-state index contributed by atoms with van der Waals surface area (Å²) in [6, 6.07) is 13.6. The van der Waals surface area contributed by atoms with Crippen molar-refractivity contribution >= 4 is 21.8 Å². The predicted octanol–water partition coefficient (Wildman–Crippen LogP) is 1.78. The van der Waals surface area contributed by atoms with Crippen molar-refractivity contribution in [2.45, 2.75) is 43.1 Å². The maximum Gasteiger partial charge on any atom is 0.283 e. The normalized spacial score (nSPS) is 18.4. The highest BCUT2D eigenvalue weighted by molar-refractivity contribution is 7.89. The minimum absolute atomic E-state index is 0.0470. The van der Waals surface area contributed by atoms with E-state index >= 15 is 0 Å². The van der Waals surface area contributed by atoms with Crippen LogP contribution in [0.5, 0.6) is 11.5 Å². The summed E-state index contributed by atoms with van der Waals surface area (Å²) in [4.78, 5) is 24.7. The molecule has 10 heteroatoms. The molecule has 1 saturated heterocycles. The van der Waals surface area contributed by atoms with E-state index < -0.39 is 22.0 Å². The van der Waals surface area contributed by atoms with E-state index in [1.807, 2.05) is 6.07 Å². The van der Waals surface area contributed by atoms with Crippen LogP contribution in [0.15, 0.2) is 53.4 Å². The number of benzene rings is 2. The fourth-order valence-corrected chi connectivity index (χ4v) is 5.28. The van der Waals surface area contributed by atoms with E-state index in [9.17, 15) is 18.0 Å².